The van der Waals surface area contributed by atoms with E-state index >= 15 is 0 Å². The maximum Gasteiger partial charge on any atom is 0.310 e. The van der Waals surface area contributed by atoms with Crippen molar-refractivity contribution in [2.45, 2.75) is 43.6 Å². The molecule has 0 saturated carbocycles. The van der Waals surface area contributed by atoms with Crippen LogP contribution in [-0.2, 0) is 19.1 Å². The quantitative estimate of drug-likeness (QED) is 0.609. The highest BCUT2D eigenvalue weighted by Crippen LogP contribution is 2.59. The van der Waals surface area contributed by atoms with Crippen molar-refractivity contribution in [1.29, 1.82) is 0 Å². The first-order valence-electron chi connectivity index (χ1n) is 11.6. The lowest BCUT2D eigenvalue weighted by Crippen LogP contribution is -2.58. The lowest BCUT2D eigenvalue weighted by atomic mass is 9.70. The number of anilines is 1. The molecule has 8 nitrogen and oxygen atoms in total. The van der Waals surface area contributed by atoms with Crippen LogP contribution in [0.4, 0.5) is 5.69 Å². The van der Waals surface area contributed by atoms with Crippen molar-refractivity contribution >= 4 is 34.2 Å². The van der Waals surface area contributed by atoms with E-state index in [2.05, 4.69) is 6.58 Å². The molecule has 6 atom stereocenters. The number of likely N-dealkylation sites (tertiary alicyclic amines) is 1. The minimum atomic E-state index is -1.22. The minimum absolute atomic E-state index is 0.204. The topological polar surface area (TPSA) is 107 Å². The summed E-state index contributed by atoms with van der Waals surface area (Å²) in [6.07, 6.45) is 1.92. The fourth-order valence-electron chi connectivity index (χ4n) is 6.16. The third kappa shape index (κ3) is 3.09. The normalized spacial score (nSPS) is 30.4. The SMILES string of the molecule is C=CCN(C(=O)[C@H]1N([C@H](C)CO)C(=O)[C@@H]2[C@@H](C(=O)O)[C@H]3CC[C@]21O3)c1ccc2ccccc2c1. The van der Waals surface area contributed by atoms with Gasteiger partial charge in [0.25, 0.3) is 5.91 Å². The first kappa shape index (κ1) is 22.6. The maximum atomic E-state index is 14.2. The van der Waals surface area contributed by atoms with Crippen molar-refractivity contribution in [3.05, 3.63) is 55.1 Å². The van der Waals surface area contributed by atoms with Gasteiger partial charge in [-0.3, -0.25) is 14.4 Å². The molecule has 0 aliphatic carbocycles. The van der Waals surface area contributed by atoms with Gasteiger partial charge >= 0.3 is 5.97 Å². The second-order valence-corrected chi connectivity index (χ2v) is 9.44. The van der Waals surface area contributed by atoms with Crippen LogP contribution in [0.3, 0.4) is 0 Å². The standard InChI is InChI=1S/C26H28N2O6/c1-3-12-27(18-9-8-16-6-4-5-7-17(16)13-18)24(31)22-26-11-10-19(34-26)20(25(32)33)21(26)23(30)28(22)15(2)14-29/h3-9,13,15,19-22,29H,1,10-12,14H2,2H3,(H,32,33)/t15-,19-,20+,21+,22-,26+/m1/s1. The number of carboxylic acids is 1. The summed E-state index contributed by atoms with van der Waals surface area (Å²) in [4.78, 5) is 42.8. The molecule has 2 aromatic carbocycles. The highest BCUT2D eigenvalue weighted by molar-refractivity contribution is 6.05. The van der Waals surface area contributed by atoms with E-state index in [1.807, 2.05) is 42.5 Å². The van der Waals surface area contributed by atoms with Gasteiger partial charge in [0.15, 0.2) is 0 Å². The Morgan fingerprint density at radius 3 is 2.71 bits per heavy atom. The zero-order valence-electron chi connectivity index (χ0n) is 19.0. The molecule has 2 aromatic rings. The number of rotatable bonds is 7. The molecule has 3 aliphatic rings. The average molecular weight is 465 g/mol. The van der Waals surface area contributed by atoms with Crippen molar-refractivity contribution in [3.63, 3.8) is 0 Å². The third-order valence-corrected chi connectivity index (χ3v) is 7.62. The van der Waals surface area contributed by atoms with Gasteiger partial charge in [0.2, 0.25) is 5.91 Å². The van der Waals surface area contributed by atoms with E-state index in [4.69, 9.17) is 4.74 Å². The molecule has 3 saturated heterocycles. The summed E-state index contributed by atoms with van der Waals surface area (Å²) in [6.45, 7) is 5.32. The van der Waals surface area contributed by atoms with Crippen LogP contribution in [0.1, 0.15) is 19.8 Å². The fourth-order valence-corrected chi connectivity index (χ4v) is 6.16. The highest BCUT2D eigenvalue weighted by atomic mass is 16.5. The Bertz CT molecular complexity index is 1180. The first-order valence-corrected chi connectivity index (χ1v) is 11.6. The fraction of sp³-hybridized carbons (Fsp3) is 0.423. The molecule has 0 unspecified atom stereocenters. The van der Waals surface area contributed by atoms with Crippen LogP contribution < -0.4 is 4.90 Å². The number of benzene rings is 2. The second kappa shape index (κ2) is 8.21. The van der Waals surface area contributed by atoms with E-state index in [0.29, 0.717) is 18.5 Å². The van der Waals surface area contributed by atoms with Gasteiger partial charge in [-0.05, 0) is 42.7 Å². The predicted molar refractivity (Wildman–Crippen MR) is 125 cm³/mol. The van der Waals surface area contributed by atoms with Gasteiger partial charge < -0.3 is 24.7 Å². The van der Waals surface area contributed by atoms with E-state index in [1.54, 1.807) is 17.9 Å². The van der Waals surface area contributed by atoms with E-state index in [9.17, 15) is 24.6 Å². The van der Waals surface area contributed by atoms with Gasteiger partial charge in [0.05, 0.1) is 30.6 Å². The number of aliphatic hydroxyl groups excluding tert-OH is 1. The first-order chi connectivity index (χ1) is 16.3. The molecule has 0 radical (unpaired) electrons. The number of nitrogens with zero attached hydrogens (tertiary/aromatic N) is 2. The Balaban J connectivity index is 1.61. The van der Waals surface area contributed by atoms with Crippen LogP contribution in [0, 0.1) is 11.8 Å². The van der Waals surface area contributed by atoms with Crippen LogP contribution in [0.5, 0.6) is 0 Å². The van der Waals surface area contributed by atoms with Crippen molar-refractivity contribution in [3.8, 4) is 0 Å². The summed E-state index contributed by atoms with van der Waals surface area (Å²) >= 11 is 0. The monoisotopic (exact) mass is 464 g/mol. The van der Waals surface area contributed by atoms with Crippen molar-refractivity contribution in [2.75, 3.05) is 18.1 Å². The second-order valence-electron chi connectivity index (χ2n) is 9.44. The zero-order chi connectivity index (χ0) is 24.2. The number of carbonyl (C=O) groups is 3. The van der Waals surface area contributed by atoms with E-state index < -0.39 is 47.5 Å². The Kier molecular flexibility index (Phi) is 5.45. The molecule has 34 heavy (non-hydrogen) atoms. The summed E-state index contributed by atoms with van der Waals surface area (Å²) in [5.41, 5.74) is -0.573. The average Bonchev–Trinajstić information content (AvgIpc) is 3.48. The van der Waals surface area contributed by atoms with Gasteiger partial charge in [0.1, 0.15) is 11.6 Å². The maximum absolute atomic E-state index is 14.2. The van der Waals surface area contributed by atoms with Gasteiger partial charge in [0, 0.05) is 12.2 Å². The van der Waals surface area contributed by atoms with Crippen LogP contribution in [0.25, 0.3) is 10.8 Å². The Morgan fingerprint density at radius 1 is 1.29 bits per heavy atom. The van der Waals surface area contributed by atoms with E-state index in [0.717, 1.165) is 10.8 Å². The van der Waals surface area contributed by atoms with Crippen molar-refractivity contribution < 1.29 is 29.3 Å². The highest BCUT2D eigenvalue weighted by Gasteiger charge is 2.75. The Morgan fingerprint density at radius 2 is 2.03 bits per heavy atom. The molecule has 2 N–H and O–H groups in total. The van der Waals surface area contributed by atoms with Gasteiger partial charge in [-0.25, -0.2) is 0 Å². The number of carbonyl (C=O) groups excluding carboxylic acids is 2. The number of hydrogen-bond donors (Lipinski definition) is 2. The zero-order valence-corrected chi connectivity index (χ0v) is 19.0. The molecule has 5 rings (SSSR count). The van der Waals surface area contributed by atoms with Crippen LogP contribution in [-0.4, -0.2) is 69.8 Å². The number of amides is 2. The van der Waals surface area contributed by atoms with Crippen LogP contribution in [0.2, 0.25) is 0 Å². The van der Waals surface area contributed by atoms with Gasteiger partial charge in [-0.15, -0.1) is 6.58 Å². The Hall–Kier alpha value is -3.23. The van der Waals surface area contributed by atoms with Crippen LogP contribution >= 0.6 is 0 Å². The number of carboxylic acid groups (broad SMARTS) is 1. The summed E-state index contributed by atoms with van der Waals surface area (Å²) in [5.74, 6) is -3.84. The number of hydrogen-bond acceptors (Lipinski definition) is 5. The van der Waals surface area contributed by atoms with E-state index in [-0.39, 0.29) is 19.1 Å². The summed E-state index contributed by atoms with van der Waals surface area (Å²) in [7, 11) is 0. The molecule has 3 aliphatic heterocycles. The molecular formula is C26H28N2O6. The summed E-state index contributed by atoms with van der Waals surface area (Å²) in [5, 5.41) is 21.8. The van der Waals surface area contributed by atoms with Gasteiger partial charge in [-0.2, -0.15) is 0 Å². The molecule has 0 aromatic heterocycles. The van der Waals surface area contributed by atoms with E-state index in [1.165, 1.54) is 4.90 Å². The van der Waals surface area contributed by atoms with Crippen molar-refractivity contribution in [2.24, 2.45) is 11.8 Å². The van der Waals surface area contributed by atoms with Crippen molar-refractivity contribution in [1.82, 2.24) is 4.90 Å². The number of fused-ring (bicyclic) bond motifs is 2. The number of aliphatic hydroxyl groups is 1. The molecular weight excluding hydrogens is 436 g/mol. The molecule has 3 heterocycles. The minimum Gasteiger partial charge on any atom is -0.481 e. The predicted octanol–water partition coefficient (Wildman–Crippen LogP) is 2.20. The summed E-state index contributed by atoms with van der Waals surface area (Å²) < 4.78 is 6.22. The summed E-state index contributed by atoms with van der Waals surface area (Å²) in [6, 6.07) is 11.8. The number of ether oxygens (including phenoxy) is 1. The molecule has 2 bridgehead atoms. The lowest BCUT2D eigenvalue weighted by Gasteiger charge is -2.38. The molecule has 178 valence electrons. The molecule has 8 heteroatoms. The number of aliphatic carboxylic acids is 1. The van der Waals surface area contributed by atoms with Crippen LogP contribution in [0.15, 0.2) is 55.1 Å². The smallest absolute Gasteiger partial charge is 0.310 e. The lowest BCUT2D eigenvalue weighted by molar-refractivity contribution is -0.150. The van der Waals surface area contributed by atoms with Gasteiger partial charge in [-0.1, -0.05) is 36.4 Å². The third-order valence-electron chi connectivity index (χ3n) is 7.62. The molecule has 1 spiro atoms. The Labute approximate surface area is 197 Å². The molecule has 3 fully saturated rings. The largest absolute Gasteiger partial charge is 0.481 e. The molecule has 2 amide bonds.